The largest absolute Gasteiger partial charge is 0.488 e. The van der Waals surface area contributed by atoms with E-state index in [0.29, 0.717) is 6.61 Å². The van der Waals surface area contributed by atoms with Gasteiger partial charge in [-0.3, -0.25) is 4.98 Å². The van der Waals surface area contributed by atoms with Crippen LogP contribution in [0.15, 0.2) is 140 Å². The number of para-hydroxylation sites is 1. The third kappa shape index (κ3) is 4.67. The molecule has 4 nitrogen and oxygen atoms in total. The van der Waals surface area contributed by atoms with Crippen molar-refractivity contribution in [3.05, 3.63) is 145 Å². The van der Waals surface area contributed by atoms with Gasteiger partial charge in [-0.1, -0.05) is 91.0 Å². The lowest BCUT2D eigenvalue weighted by molar-refractivity contribution is 0.307. The van der Waals surface area contributed by atoms with E-state index < -0.39 is 0 Å². The van der Waals surface area contributed by atoms with E-state index in [1.807, 2.05) is 66.9 Å². The Kier molecular flexibility index (Phi) is 6.19. The van der Waals surface area contributed by atoms with Crippen LogP contribution in [-0.4, -0.2) is 15.0 Å². The first-order valence-corrected chi connectivity index (χ1v) is 13.3. The van der Waals surface area contributed by atoms with Crippen LogP contribution in [0.5, 0.6) is 5.75 Å². The Labute approximate surface area is 232 Å². The van der Waals surface area contributed by atoms with Crippen LogP contribution >= 0.6 is 0 Å². The molecule has 7 aromatic rings. The summed E-state index contributed by atoms with van der Waals surface area (Å²) < 4.78 is 6.21. The zero-order chi connectivity index (χ0) is 26.7. The van der Waals surface area contributed by atoms with Gasteiger partial charge in [0.15, 0.2) is 0 Å². The van der Waals surface area contributed by atoms with Gasteiger partial charge in [-0.2, -0.15) is 0 Å². The molecule has 0 aliphatic carbocycles. The lowest BCUT2D eigenvalue weighted by Crippen LogP contribution is -1.97. The first-order valence-electron chi connectivity index (χ1n) is 13.3. The van der Waals surface area contributed by atoms with Gasteiger partial charge in [0.05, 0.1) is 28.1 Å². The van der Waals surface area contributed by atoms with Crippen LogP contribution in [0.4, 0.5) is 0 Å². The predicted octanol–water partition coefficient (Wildman–Crippen LogP) is 8.76. The van der Waals surface area contributed by atoms with Crippen molar-refractivity contribution in [2.45, 2.75) is 6.61 Å². The quantitative estimate of drug-likeness (QED) is 0.208. The van der Waals surface area contributed by atoms with Crippen LogP contribution in [0.3, 0.4) is 0 Å². The highest BCUT2D eigenvalue weighted by Gasteiger charge is 2.11. The van der Waals surface area contributed by atoms with Crippen molar-refractivity contribution in [1.29, 1.82) is 0 Å². The summed E-state index contributed by atoms with van der Waals surface area (Å²) in [5, 5.41) is 2.16. The average Bonchev–Trinajstić information content (AvgIpc) is 3.04. The van der Waals surface area contributed by atoms with Crippen molar-refractivity contribution < 1.29 is 4.74 Å². The molecule has 0 saturated carbocycles. The maximum absolute atomic E-state index is 6.21. The summed E-state index contributed by atoms with van der Waals surface area (Å²) in [6.45, 7) is 0.503. The van der Waals surface area contributed by atoms with E-state index >= 15 is 0 Å². The molecule has 0 bridgehead atoms. The zero-order valence-corrected chi connectivity index (χ0v) is 21.7. The van der Waals surface area contributed by atoms with Crippen LogP contribution in [0.2, 0.25) is 0 Å². The molecule has 0 unspecified atom stereocenters. The molecule has 0 aliphatic rings. The van der Waals surface area contributed by atoms with Crippen LogP contribution in [0, 0.1) is 0 Å². The number of hydrogen-bond donors (Lipinski definition) is 0. The average molecular weight is 516 g/mol. The molecule has 4 aromatic carbocycles. The van der Waals surface area contributed by atoms with Gasteiger partial charge in [-0.25, -0.2) is 9.97 Å². The van der Waals surface area contributed by atoms with E-state index in [0.717, 1.165) is 66.9 Å². The van der Waals surface area contributed by atoms with Crippen molar-refractivity contribution >= 4 is 21.8 Å². The molecule has 0 amide bonds. The van der Waals surface area contributed by atoms with Crippen LogP contribution in [0.25, 0.3) is 55.6 Å². The number of nitrogens with zero attached hydrogens (tertiary/aromatic N) is 3. The monoisotopic (exact) mass is 515 g/mol. The molecule has 0 aliphatic heterocycles. The summed E-state index contributed by atoms with van der Waals surface area (Å²) in [7, 11) is 0. The molecule has 40 heavy (non-hydrogen) atoms. The molecule has 7 rings (SSSR count). The van der Waals surface area contributed by atoms with Gasteiger partial charge in [0.2, 0.25) is 0 Å². The number of ether oxygens (including phenoxy) is 1. The number of benzene rings is 4. The predicted molar refractivity (Wildman–Crippen MR) is 162 cm³/mol. The smallest absolute Gasteiger partial charge is 0.129 e. The number of rotatable bonds is 6. The fourth-order valence-corrected chi connectivity index (χ4v) is 5.01. The minimum Gasteiger partial charge on any atom is -0.488 e. The normalized spacial score (nSPS) is 11.1. The highest BCUT2D eigenvalue weighted by Crippen LogP contribution is 2.32. The summed E-state index contributed by atoms with van der Waals surface area (Å²) in [4.78, 5) is 14.7. The minimum absolute atomic E-state index is 0.503. The second-order valence-electron chi connectivity index (χ2n) is 9.67. The first-order chi connectivity index (χ1) is 19.8. The van der Waals surface area contributed by atoms with Crippen molar-refractivity contribution in [1.82, 2.24) is 15.0 Å². The van der Waals surface area contributed by atoms with Gasteiger partial charge in [-0.15, -0.1) is 0 Å². The summed E-state index contributed by atoms with van der Waals surface area (Å²) in [6.07, 6.45) is 1.82. The van der Waals surface area contributed by atoms with E-state index in [4.69, 9.17) is 14.7 Å². The van der Waals surface area contributed by atoms with Crippen LogP contribution in [0.1, 0.15) is 5.56 Å². The fourth-order valence-electron chi connectivity index (χ4n) is 5.01. The molecule has 0 radical (unpaired) electrons. The number of aromatic nitrogens is 3. The molecular weight excluding hydrogens is 490 g/mol. The van der Waals surface area contributed by atoms with Crippen molar-refractivity contribution in [2.24, 2.45) is 0 Å². The van der Waals surface area contributed by atoms with Crippen LogP contribution < -0.4 is 4.74 Å². The van der Waals surface area contributed by atoms with Gasteiger partial charge < -0.3 is 4.74 Å². The Balaban J connectivity index is 1.22. The molecular formula is C36H25N3O. The van der Waals surface area contributed by atoms with Crippen molar-refractivity contribution in [2.75, 3.05) is 0 Å². The summed E-state index contributed by atoms with van der Waals surface area (Å²) in [5.74, 6) is 0.811. The first kappa shape index (κ1) is 23.7. The van der Waals surface area contributed by atoms with Crippen LogP contribution in [-0.2, 0) is 6.61 Å². The maximum Gasteiger partial charge on any atom is 0.129 e. The van der Waals surface area contributed by atoms with E-state index in [1.54, 1.807) is 0 Å². The second kappa shape index (κ2) is 10.4. The lowest BCUT2D eigenvalue weighted by atomic mass is 10.0. The van der Waals surface area contributed by atoms with E-state index in [9.17, 15) is 0 Å². The molecule has 3 aromatic heterocycles. The molecule has 0 fully saturated rings. The zero-order valence-electron chi connectivity index (χ0n) is 21.7. The van der Waals surface area contributed by atoms with E-state index in [1.165, 1.54) is 0 Å². The Bertz CT molecular complexity index is 1970. The van der Waals surface area contributed by atoms with Crippen molar-refractivity contribution in [3.63, 3.8) is 0 Å². The topological polar surface area (TPSA) is 47.9 Å². The van der Waals surface area contributed by atoms with Gasteiger partial charge >= 0.3 is 0 Å². The second-order valence-corrected chi connectivity index (χ2v) is 9.67. The Morgan fingerprint density at radius 3 is 2.08 bits per heavy atom. The summed E-state index contributed by atoms with van der Waals surface area (Å²) in [5.41, 5.74) is 8.65. The summed E-state index contributed by atoms with van der Waals surface area (Å²) in [6, 6.07) is 45.2. The molecule has 3 heterocycles. The van der Waals surface area contributed by atoms with Gasteiger partial charge in [0, 0.05) is 33.7 Å². The molecule has 0 N–H and O–H groups in total. The number of hydrogen-bond acceptors (Lipinski definition) is 4. The highest BCUT2D eigenvalue weighted by atomic mass is 16.5. The third-order valence-corrected chi connectivity index (χ3v) is 7.04. The Morgan fingerprint density at radius 1 is 0.500 bits per heavy atom. The van der Waals surface area contributed by atoms with Gasteiger partial charge in [0.1, 0.15) is 12.4 Å². The molecule has 0 atom stereocenters. The molecule has 0 saturated heterocycles. The SMILES string of the molecule is c1ccc(COc2ccccc2-c2cccc(-c3cccc(-c4ccc5ccc6cccnc6c5n4)c3)n2)cc1. The van der Waals surface area contributed by atoms with E-state index in [-0.39, 0.29) is 0 Å². The Hall–Kier alpha value is -5.35. The fraction of sp³-hybridized carbons (Fsp3) is 0.0278. The number of fused-ring (bicyclic) bond motifs is 3. The minimum atomic E-state index is 0.503. The molecule has 0 spiro atoms. The highest BCUT2D eigenvalue weighted by molar-refractivity contribution is 6.03. The number of pyridine rings is 3. The van der Waals surface area contributed by atoms with Crippen molar-refractivity contribution in [3.8, 4) is 39.5 Å². The molecule has 190 valence electrons. The standard InChI is InChI=1S/C36H25N3O/c1-2-9-25(10-3-1)24-40-34-17-5-4-14-30(34)33-16-7-15-31(38-33)28-11-6-12-29(23-28)32-21-20-27-19-18-26-13-8-22-37-35(26)36(27)39-32/h1-23H,24H2. The maximum atomic E-state index is 6.21. The lowest BCUT2D eigenvalue weighted by Gasteiger charge is -2.12. The third-order valence-electron chi connectivity index (χ3n) is 7.04. The summed E-state index contributed by atoms with van der Waals surface area (Å²) >= 11 is 0. The molecule has 4 heteroatoms. The van der Waals surface area contributed by atoms with Gasteiger partial charge in [0.25, 0.3) is 0 Å². The van der Waals surface area contributed by atoms with E-state index in [2.05, 4.69) is 77.8 Å². The van der Waals surface area contributed by atoms with Gasteiger partial charge in [-0.05, 0) is 48.0 Å². The Morgan fingerprint density at radius 2 is 1.20 bits per heavy atom.